The number of rotatable bonds is 9. The van der Waals surface area contributed by atoms with Gasteiger partial charge in [0, 0.05) is 40.3 Å². The Bertz CT molecular complexity index is 1600. The Morgan fingerprint density at radius 2 is 1.84 bits per heavy atom. The van der Waals surface area contributed by atoms with Crippen molar-refractivity contribution in [3.8, 4) is 5.75 Å². The molecule has 14 heteroatoms. The molecule has 0 bridgehead atoms. The van der Waals surface area contributed by atoms with E-state index in [4.69, 9.17) is 16.3 Å². The average Bonchev–Trinajstić information content (AvgIpc) is 3.34. The lowest BCUT2D eigenvalue weighted by Crippen LogP contribution is -2.37. The zero-order valence-electron chi connectivity index (χ0n) is 24.4. The second-order valence-electron chi connectivity index (χ2n) is 10.8. The topological polar surface area (TPSA) is 140 Å². The van der Waals surface area contributed by atoms with Crippen LogP contribution in [0.2, 0.25) is 5.02 Å². The number of anilines is 4. The number of carbonyl (C=O) groups is 1. The summed E-state index contributed by atoms with van der Waals surface area (Å²) < 4.78 is 33.7. The van der Waals surface area contributed by atoms with Crippen LogP contribution in [0.4, 0.5) is 23.1 Å². The van der Waals surface area contributed by atoms with Gasteiger partial charge in [0.2, 0.25) is 21.9 Å². The molecule has 2 aromatic carbocycles. The third kappa shape index (κ3) is 7.02. The van der Waals surface area contributed by atoms with Gasteiger partial charge < -0.3 is 25.4 Å². The van der Waals surface area contributed by atoms with Gasteiger partial charge in [0.05, 0.1) is 37.3 Å². The summed E-state index contributed by atoms with van der Waals surface area (Å²) in [5, 5.41) is 16.4. The van der Waals surface area contributed by atoms with Gasteiger partial charge in [-0.15, -0.1) is 0 Å². The first kappa shape index (κ1) is 31.0. The first-order chi connectivity index (χ1) is 20.5. The maximum absolute atomic E-state index is 13.4. The third-order valence-corrected chi connectivity index (χ3v) is 9.85. The summed E-state index contributed by atoms with van der Waals surface area (Å²) in [5.41, 5.74) is 3.27. The smallest absolute Gasteiger partial charge is 0.245 e. The van der Waals surface area contributed by atoms with Gasteiger partial charge in [-0.2, -0.15) is 9.29 Å². The van der Waals surface area contributed by atoms with Crippen molar-refractivity contribution >= 4 is 50.7 Å². The Hall–Kier alpha value is -3.49. The zero-order valence-corrected chi connectivity index (χ0v) is 26.0. The van der Waals surface area contributed by atoms with Crippen LogP contribution in [0.3, 0.4) is 0 Å². The Labute approximate surface area is 256 Å². The maximum Gasteiger partial charge on any atom is 0.245 e. The normalized spacial score (nSPS) is 17.7. The summed E-state index contributed by atoms with van der Waals surface area (Å²) in [6, 6.07) is 10.5. The second kappa shape index (κ2) is 13.0. The number of nitrogens with zero attached hydrogens (tertiary/aromatic N) is 5. The van der Waals surface area contributed by atoms with E-state index in [1.165, 1.54) is 16.6 Å². The highest BCUT2D eigenvalue weighted by Crippen LogP contribution is 2.34. The van der Waals surface area contributed by atoms with Gasteiger partial charge in [-0.05, 0) is 54.7 Å². The minimum atomic E-state index is -3.86. The summed E-state index contributed by atoms with van der Waals surface area (Å²) in [6.07, 6.45) is 2.69. The number of fused-ring (bicyclic) bond motifs is 1. The number of nitrogens with one attached hydrogen (secondary N) is 2. The van der Waals surface area contributed by atoms with Crippen LogP contribution in [-0.4, -0.2) is 104 Å². The van der Waals surface area contributed by atoms with Crippen LogP contribution >= 0.6 is 11.6 Å². The molecule has 3 aromatic rings. The first-order valence-corrected chi connectivity index (χ1v) is 15.8. The number of β-amino-alcohol motifs (C(OH)–C–C–N with tert-alkyl or cyclic N) is 1. The Kier molecular flexibility index (Phi) is 9.37. The third-order valence-electron chi connectivity index (χ3n) is 7.65. The highest BCUT2D eigenvalue weighted by atomic mass is 35.5. The van der Waals surface area contributed by atoms with Crippen LogP contribution in [0.25, 0.3) is 0 Å². The summed E-state index contributed by atoms with van der Waals surface area (Å²) in [5.74, 6) is 1.15. The van der Waals surface area contributed by atoms with Crippen LogP contribution in [0.5, 0.6) is 5.75 Å². The molecule has 1 amide bonds. The van der Waals surface area contributed by atoms with E-state index in [-0.39, 0.29) is 40.7 Å². The molecule has 43 heavy (non-hydrogen) atoms. The molecule has 0 radical (unpaired) electrons. The predicted molar refractivity (Wildman–Crippen MR) is 165 cm³/mol. The van der Waals surface area contributed by atoms with Gasteiger partial charge in [0.25, 0.3) is 0 Å². The number of benzene rings is 2. The zero-order chi connectivity index (χ0) is 30.7. The lowest BCUT2D eigenvalue weighted by Gasteiger charge is -2.21. The van der Waals surface area contributed by atoms with E-state index in [9.17, 15) is 18.3 Å². The van der Waals surface area contributed by atoms with Crippen molar-refractivity contribution in [2.75, 3.05) is 64.6 Å². The van der Waals surface area contributed by atoms with E-state index in [1.54, 1.807) is 44.3 Å². The molecule has 3 N–H and O–H groups in total. The molecule has 12 nitrogen and oxygen atoms in total. The predicted octanol–water partition coefficient (Wildman–Crippen LogP) is 2.87. The standard InChI is InChI=1S/C29H36ClN7O5S/c1-35(2)27(39)18-36-11-8-19-14-24(25(42-3)15-20(19)9-12-36)33-29-31-16-22(30)28(34-29)32-23-6-4-5-7-26(23)43(40,41)37-13-10-21(38)17-37/h4-7,14-16,21,38H,8-13,17-18H2,1-3H3,(H2,31,32,33,34)/t21-/m0/s1. The summed E-state index contributed by atoms with van der Waals surface area (Å²) >= 11 is 6.44. The van der Waals surface area contributed by atoms with Gasteiger partial charge in [-0.3, -0.25) is 9.69 Å². The number of likely N-dealkylation sites (N-methyl/N-ethyl adjacent to an activating group) is 1. The minimum absolute atomic E-state index is 0.0495. The fourth-order valence-electron chi connectivity index (χ4n) is 5.18. The largest absolute Gasteiger partial charge is 0.495 e. The second-order valence-corrected chi connectivity index (χ2v) is 13.1. The summed E-state index contributed by atoms with van der Waals surface area (Å²) in [7, 11) is 1.26. The molecule has 0 aliphatic carbocycles. The van der Waals surface area contributed by atoms with Gasteiger partial charge >= 0.3 is 0 Å². The maximum atomic E-state index is 13.4. The van der Waals surface area contributed by atoms with E-state index in [1.807, 2.05) is 12.1 Å². The molecule has 5 rings (SSSR count). The highest BCUT2D eigenvalue weighted by Gasteiger charge is 2.33. The van der Waals surface area contributed by atoms with Crippen molar-refractivity contribution in [1.82, 2.24) is 24.1 Å². The van der Waals surface area contributed by atoms with Crippen molar-refractivity contribution in [3.63, 3.8) is 0 Å². The van der Waals surface area contributed by atoms with Gasteiger partial charge in [0.1, 0.15) is 15.7 Å². The van der Waals surface area contributed by atoms with Crippen LogP contribution in [0.1, 0.15) is 17.5 Å². The monoisotopic (exact) mass is 629 g/mol. The quantitative estimate of drug-likeness (QED) is 0.324. The van der Waals surface area contributed by atoms with Crippen molar-refractivity contribution in [2.45, 2.75) is 30.3 Å². The van der Waals surface area contributed by atoms with E-state index >= 15 is 0 Å². The molecular formula is C29H36ClN7O5S. The molecule has 2 aliphatic rings. The van der Waals surface area contributed by atoms with Gasteiger partial charge in [-0.25, -0.2) is 13.4 Å². The number of carbonyl (C=O) groups excluding carboxylic acids is 1. The van der Waals surface area contributed by atoms with Crippen LogP contribution in [0.15, 0.2) is 47.5 Å². The summed E-state index contributed by atoms with van der Waals surface area (Å²) in [4.78, 5) is 24.9. The Morgan fingerprint density at radius 3 is 2.51 bits per heavy atom. The highest BCUT2D eigenvalue weighted by molar-refractivity contribution is 7.89. The first-order valence-electron chi connectivity index (χ1n) is 14.0. The van der Waals surface area contributed by atoms with Crippen LogP contribution in [-0.2, 0) is 27.7 Å². The SMILES string of the molecule is COc1cc2c(cc1Nc1ncc(Cl)c(Nc3ccccc3S(=O)(=O)N3CC[C@H](O)C3)n1)CCN(CC(=O)N(C)C)CC2. The molecule has 1 aromatic heterocycles. The Morgan fingerprint density at radius 1 is 1.12 bits per heavy atom. The molecule has 1 saturated heterocycles. The number of aromatic nitrogens is 2. The summed E-state index contributed by atoms with van der Waals surface area (Å²) in [6.45, 7) is 2.20. The molecule has 3 heterocycles. The molecule has 0 unspecified atom stereocenters. The number of hydrogen-bond acceptors (Lipinski definition) is 10. The van der Waals surface area contributed by atoms with Crippen molar-refractivity contribution in [1.29, 1.82) is 0 Å². The number of aliphatic hydroxyl groups excluding tert-OH is 1. The van der Waals surface area contributed by atoms with Crippen molar-refractivity contribution in [2.24, 2.45) is 0 Å². The number of aliphatic hydroxyl groups is 1. The van der Waals surface area contributed by atoms with Crippen LogP contribution < -0.4 is 15.4 Å². The van der Waals surface area contributed by atoms with E-state index < -0.39 is 16.1 Å². The number of hydrogen-bond donors (Lipinski definition) is 3. The lowest BCUT2D eigenvalue weighted by molar-refractivity contribution is -0.129. The number of halogens is 1. The molecule has 230 valence electrons. The number of sulfonamides is 1. The van der Waals surface area contributed by atoms with Crippen molar-refractivity contribution < 1.29 is 23.1 Å². The number of methoxy groups -OCH3 is 1. The molecule has 2 aliphatic heterocycles. The van der Waals surface area contributed by atoms with E-state index in [2.05, 4.69) is 25.5 Å². The minimum Gasteiger partial charge on any atom is -0.495 e. The number of ether oxygens (including phenoxy) is 1. The molecule has 0 saturated carbocycles. The Balaban J connectivity index is 1.37. The fourth-order valence-corrected chi connectivity index (χ4v) is 6.96. The average molecular weight is 630 g/mol. The molecule has 1 atom stereocenters. The lowest BCUT2D eigenvalue weighted by atomic mass is 10.0. The molecular weight excluding hydrogens is 594 g/mol. The molecule has 0 spiro atoms. The number of amides is 1. The van der Waals surface area contributed by atoms with E-state index in [0.29, 0.717) is 30.1 Å². The fraction of sp³-hybridized carbons (Fsp3) is 0.414. The van der Waals surface area contributed by atoms with E-state index in [0.717, 1.165) is 37.1 Å². The van der Waals surface area contributed by atoms with Gasteiger partial charge in [-0.1, -0.05) is 23.7 Å². The van der Waals surface area contributed by atoms with Crippen molar-refractivity contribution in [3.05, 3.63) is 58.7 Å². The number of para-hydroxylation sites is 1. The van der Waals surface area contributed by atoms with Gasteiger partial charge in [0.15, 0.2) is 5.82 Å². The van der Waals surface area contributed by atoms with Crippen LogP contribution in [0, 0.1) is 0 Å². The molecule has 1 fully saturated rings.